The van der Waals surface area contributed by atoms with E-state index in [0.717, 1.165) is 6.42 Å². The fourth-order valence-electron chi connectivity index (χ4n) is 0.490. The van der Waals surface area contributed by atoms with Gasteiger partial charge in [0, 0.05) is 19.9 Å². The van der Waals surface area contributed by atoms with Gasteiger partial charge in [-0.15, -0.1) is 0 Å². The summed E-state index contributed by atoms with van der Waals surface area (Å²) < 4.78 is 5.03. The van der Waals surface area contributed by atoms with Gasteiger partial charge < -0.3 is 4.74 Å². The molecule has 0 rings (SSSR count). The predicted molar refractivity (Wildman–Crippen MR) is 42.8 cm³/mol. The van der Waals surface area contributed by atoms with Gasteiger partial charge in [0.25, 0.3) is 0 Å². The summed E-state index contributed by atoms with van der Waals surface area (Å²) in [5, 5.41) is 7.17. The molecule has 0 unspecified atom stereocenters. The molecule has 10 heavy (non-hydrogen) atoms. The molecule has 58 valence electrons. The normalized spacial score (nSPS) is 11.3. The summed E-state index contributed by atoms with van der Waals surface area (Å²) in [4.78, 5) is 3.85. The van der Waals surface area contributed by atoms with Gasteiger partial charge >= 0.3 is 0 Å². The molecule has 0 aliphatic carbocycles. The van der Waals surface area contributed by atoms with E-state index >= 15 is 0 Å². The number of rotatable bonds is 2. The highest BCUT2D eigenvalue weighted by molar-refractivity contribution is 5.89. The van der Waals surface area contributed by atoms with E-state index in [2.05, 4.69) is 4.99 Å². The quantitative estimate of drug-likeness (QED) is 0.464. The lowest BCUT2D eigenvalue weighted by atomic mass is 10.4. The van der Waals surface area contributed by atoms with Gasteiger partial charge in [-0.3, -0.25) is 10.4 Å². The summed E-state index contributed by atoms with van der Waals surface area (Å²) in [5.41, 5.74) is 0. The van der Waals surface area contributed by atoms with Crippen molar-refractivity contribution in [3.8, 4) is 0 Å². The fourth-order valence-corrected chi connectivity index (χ4v) is 0.490. The Morgan fingerprint density at radius 3 is 2.30 bits per heavy atom. The van der Waals surface area contributed by atoms with Crippen LogP contribution in [0.3, 0.4) is 0 Å². The monoisotopic (exact) mass is 142 g/mol. The molecule has 1 N–H and O–H groups in total. The molecule has 0 atom stereocenters. The number of hydrogen-bond acceptors (Lipinski definition) is 3. The zero-order valence-electron chi connectivity index (χ0n) is 6.77. The summed E-state index contributed by atoms with van der Waals surface area (Å²) in [7, 11) is 1.67. The van der Waals surface area contributed by atoms with Crippen LogP contribution < -0.4 is 0 Å². The first kappa shape index (κ1) is 9.14. The maximum absolute atomic E-state index is 7.17. The second kappa shape index (κ2) is 4.97. The summed E-state index contributed by atoms with van der Waals surface area (Å²) in [5.74, 6) is 0.911. The molecule has 0 radical (unpaired) electrons. The van der Waals surface area contributed by atoms with Crippen LogP contribution in [0.25, 0.3) is 0 Å². The van der Waals surface area contributed by atoms with Crippen molar-refractivity contribution in [3.63, 3.8) is 0 Å². The third-order valence-corrected chi connectivity index (χ3v) is 1.11. The third kappa shape index (κ3) is 3.22. The first-order valence-corrected chi connectivity index (χ1v) is 3.45. The SMILES string of the molecule is CCC(=N)OC(CC)=NC. The minimum atomic E-state index is 0.280. The molecule has 0 aromatic heterocycles. The van der Waals surface area contributed by atoms with Crippen LogP contribution in [0.5, 0.6) is 0 Å². The van der Waals surface area contributed by atoms with E-state index in [-0.39, 0.29) is 5.90 Å². The Morgan fingerprint density at radius 1 is 1.40 bits per heavy atom. The molecule has 0 bridgehead atoms. The number of ether oxygens (including phenoxy) is 1. The second-order valence-electron chi connectivity index (χ2n) is 1.85. The van der Waals surface area contributed by atoms with Gasteiger partial charge in [0.15, 0.2) is 11.8 Å². The molecule has 0 amide bonds. The lowest BCUT2D eigenvalue weighted by Gasteiger charge is -2.04. The van der Waals surface area contributed by atoms with Gasteiger partial charge in [0.1, 0.15) is 0 Å². The summed E-state index contributed by atoms with van der Waals surface area (Å²) in [6.07, 6.45) is 1.37. The van der Waals surface area contributed by atoms with Crippen molar-refractivity contribution >= 4 is 11.8 Å². The molecule has 0 fully saturated rings. The Balaban J connectivity index is 3.76. The topological polar surface area (TPSA) is 45.4 Å². The maximum atomic E-state index is 7.17. The van der Waals surface area contributed by atoms with E-state index in [1.165, 1.54) is 0 Å². The van der Waals surface area contributed by atoms with Gasteiger partial charge in [-0.2, -0.15) is 0 Å². The van der Waals surface area contributed by atoms with Crippen molar-refractivity contribution in [3.05, 3.63) is 0 Å². The molecule has 0 saturated carbocycles. The first-order chi connectivity index (χ1) is 4.74. The van der Waals surface area contributed by atoms with Crippen molar-refractivity contribution in [1.82, 2.24) is 0 Å². The van der Waals surface area contributed by atoms with E-state index in [1.54, 1.807) is 7.05 Å². The fraction of sp³-hybridized carbons (Fsp3) is 0.714. The minimum Gasteiger partial charge on any atom is -0.430 e. The van der Waals surface area contributed by atoms with Crippen molar-refractivity contribution in [2.45, 2.75) is 26.7 Å². The van der Waals surface area contributed by atoms with E-state index in [1.807, 2.05) is 13.8 Å². The maximum Gasteiger partial charge on any atom is 0.191 e. The molecule has 0 spiro atoms. The molecule has 0 aromatic rings. The number of aliphatic imine (C=N–C) groups is 1. The van der Waals surface area contributed by atoms with Crippen molar-refractivity contribution in [2.24, 2.45) is 4.99 Å². The van der Waals surface area contributed by atoms with Crippen LogP contribution >= 0.6 is 0 Å². The van der Waals surface area contributed by atoms with Crippen LogP contribution in [0.4, 0.5) is 0 Å². The van der Waals surface area contributed by atoms with Gasteiger partial charge in [-0.05, 0) is 0 Å². The molecule has 3 nitrogen and oxygen atoms in total. The zero-order valence-corrected chi connectivity index (χ0v) is 6.77. The number of nitrogens with one attached hydrogen (secondary N) is 1. The average molecular weight is 142 g/mol. The zero-order chi connectivity index (χ0) is 7.98. The molecule has 0 aliphatic heterocycles. The summed E-state index contributed by atoms with van der Waals surface area (Å²) in [6, 6.07) is 0. The highest BCUT2D eigenvalue weighted by Crippen LogP contribution is 1.91. The van der Waals surface area contributed by atoms with Gasteiger partial charge in [-0.25, -0.2) is 0 Å². The van der Waals surface area contributed by atoms with E-state index in [0.29, 0.717) is 12.3 Å². The Morgan fingerprint density at radius 2 is 2.00 bits per heavy atom. The molecule has 0 saturated heterocycles. The van der Waals surface area contributed by atoms with E-state index < -0.39 is 0 Å². The van der Waals surface area contributed by atoms with Gasteiger partial charge in [-0.1, -0.05) is 13.8 Å². The summed E-state index contributed by atoms with van der Waals surface area (Å²) >= 11 is 0. The highest BCUT2D eigenvalue weighted by atomic mass is 16.5. The predicted octanol–water partition coefficient (Wildman–Crippen LogP) is 1.83. The van der Waals surface area contributed by atoms with E-state index in [4.69, 9.17) is 10.1 Å². The first-order valence-electron chi connectivity index (χ1n) is 3.45. The van der Waals surface area contributed by atoms with Crippen LogP contribution in [-0.4, -0.2) is 18.8 Å². The molecular formula is C7H14N2O. The molecule has 0 heterocycles. The van der Waals surface area contributed by atoms with Crippen LogP contribution in [0.2, 0.25) is 0 Å². The van der Waals surface area contributed by atoms with Crippen molar-refractivity contribution in [2.75, 3.05) is 7.05 Å². The second-order valence-corrected chi connectivity index (χ2v) is 1.85. The van der Waals surface area contributed by atoms with Crippen LogP contribution in [0.1, 0.15) is 26.7 Å². The largest absolute Gasteiger partial charge is 0.430 e. The summed E-state index contributed by atoms with van der Waals surface area (Å²) in [6.45, 7) is 3.83. The third-order valence-electron chi connectivity index (χ3n) is 1.11. The Bertz CT molecular complexity index is 141. The molecule has 3 heteroatoms. The Labute approximate surface area is 61.6 Å². The van der Waals surface area contributed by atoms with E-state index in [9.17, 15) is 0 Å². The smallest absolute Gasteiger partial charge is 0.191 e. The van der Waals surface area contributed by atoms with Crippen molar-refractivity contribution < 1.29 is 4.74 Å². The molecular weight excluding hydrogens is 128 g/mol. The average Bonchev–Trinajstić information content (AvgIpc) is 1.99. The Hall–Kier alpha value is -0.860. The molecule has 0 aromatic carbocycles. The van der Waals surface area contributed by atoms with Crippen molar-refractivity contribution in [1.29, 1.82) is 5.41 Å². The lowest BCUT2D eigenvalue weighted by molar-refractivity contribution is 0.508. The number of hydrogen-bond donors (Lipinski definition) is 1. The van der Waals surface area contributed by atoms with Crippen LogP contribution in [0.15, 0.2) is 4.99 Å². The van der Waals surface area contributed by atoms with Gasteiger partial charge in [0.05, 0.1) is 0 Å². The standard InChI is InChI=1S/C7H14N2O/c1-4-6(8)10-7(5-2)9-3/h8H,4-5H2,1-3H3. The Kier molecular flexibility index (Phi) is 4.54. The lowest BCUT2D eigenvalue weighted by Crippen LogP contribution is -2.09. The minimum absolute atomic E-state index is 0.280. The number of nitrogens with zero attached hydrogens (tertiary/aromatic N) is 1. The van der Waals surface area contributed by atoms with Crippen LogP contribution in [-0.2, 0) is 4.74 Å². The molecule has 0 aliphatic rings. The van der Waals surface area contributed by atoms with Crippen LogP contribution in [0, 0.1) is 5.41 Å². The highest BCUT2D eigenvalue weighted by Gasteiger charge is 1.97. The van der Waals surface area contributed by atoms with Gasteiger partial charge in [0.2, 0.25) is 0 Å².